The summed E-state index contributed by atoms with van der Waals surface area (Å²) in [4.78, 5) is 21.7. The van der Waals surface area contributed by atoms with Crippen molar-refractivity contribution in [1.29, 1.82) is 0 Å². The van der Waals surface area contributed by atoms with Crippen LogP contribution in [0.5, 0.6) is 0 Å². The van der Waals surface area contributed by atoms with Gasteiger partial charge in [-0.25, -0.2) is 17.8 Å². The number of pyridine rings is 1. The van der Waals surface area contributed by atoms with Crippen LogP contribution in [0, 0.1) is 5.82 Å². The summed E-state index contributed by atoms with van der Waals surface area (Å²) in [5.41, 5.74) is 0.00446. The highest BCUT2D eigenvalue weighted by Gasteiger charge is 2.51. The average molecular weight is 556 g/mol. The van der Waals surface area contributed by atoms with Gasteiger partial charge in [-0.05, 0) is 51.1 Å². The largest absolute Gasteiger partial charge is 0.352 e. The third kappa shape index (κ3) is 4.52. The monoisotopic (exact) mass is 555 g/mol. The fourth-order valence-electron chi connectivity index (χ4n) is 4.24. The number of amides is 1. The molecule has 1 unspecified atom stereocenters. The molecule has 1 atom stereocenters. The molecule has 38 heavy (non-hydrogen) atoms. The number of aliphatic imine (C=N–C) groups is 1. The van der Waals surface area contributed by atoms with Gasteiger partial charge in [-0.2, -0.15) is 0 Å². The van der Waals surface area contributed by atoms with Crippen LogP contribution in [0.3, 0.4) is 0 Å². The first-order chi connectivity index (χ1) is 17.9. The lowest BCUT2D eigenvalue weighted by atomic mass is 9.92. The molecule has 5 rings (SSSR count). The Labute approximate surface area is 223 Å². The van der Waals surface area contributed by atoms with Crippen molar-refractivity contribution in [3.05, 3.63) is 82.8 Å². The van der Waals surface area contributed by atoms with Crippen molar-refractivity contribution >= 4 is 55.8 Å². The second-order valence-electron chi connectivity index (χ2n) is 9.67. The van der Waals surface area contributed by atoms with Crippen LogP contribution < -0.4 is 10.6 Å². The Bertz CT molecular complexity index is 1710. The molecule has 196 valence electrons. The van der Waals surface area contributed by atoms with Gasteiger partial charge in [0.05, 0.1) is 10.8 Å². The summed E-state index contributed by atoms with van der Waals surface area (Å²) >= 11 is 5.95. The fourth-order valence-corrected chi connectivity index (χ4v) is 6.10. The molecule has 9 nitrogen and oxygen atoms in total. The van der Waals surface area contributed by atoms with Gasteiger partial charge in [-0.3, -0.25) is 9.79 Å². The average Bonchev–Trinajstić information content (AvgIpc) is 3.25. The molecule has 0 fully saturated rings. The molecule has 1 aliphatic rings. The smallest absolute Gasteiger partial charge is 0.256 e. The normalized spacial score (nSPS) is 20.1. The standard InChI is InChI=1S/C26H23ClFN5O4S/c1-25(2)24(31-23(34)15-7-5-4-6-8-15)32-26(3,14-38(25,35)36)18-12-17(9-10-19(18)28)30-22-21-20(37-33-22)11-16(27)13-29-21/h4-13H,14H2,1-3H3,(H,30,33)(H,31,32,34). The molecule has 0 aliphatic carbocycles. The van der Waals surface area contributed by atoms with Crippen LogP contribution in [0.2, 0.25) is 5.02 Å². The fraction of sp³-hybridized carbons (Fsp3) is 0.231. The number of hydrogen-bond donors (Lipinski definition) is 2. The summed E-state index contributed by atoms with van der Waals surface area (Å²) in [6.07, 6.45) is 1.44. The van der Waals surface area contributed by atoms with Gasteiger partial charge in [-0.15, -0.1) is 0 Å². The second-order valence-corrected chi connectivity index (χ2v) is 12.7. The van der Waals surface area contributed by atoms with E-state index in [1.54, 1.807) is 36.4 Å². The summed E-state index contributed by atoms with van der Waals surface area (Å²) in [5.74, 6) is -1.43. The molecule has 3 heterocycles. The lowest BCUT2D eigenvalue weighted by Gasteiger charge is -2.39. The Morgan fingerprint density at radius 3 is 2.58 bits per heavy atom. The highest BCUT2D eigenvalue weighted by molar-refractivity contribution is 7.93. The molecule has 0 spiro atoms. The Morgan fingerprint density at radius 2 is 1.84 bits per heavy atom. The van der Waals surface area contributed by atoms with E-state index in [9.17, 15) is 13.2 Å². The van der Waals surface area contributed by atoms with Crippen molar-refractivity contribution < 1.29 is 22.1 Å². The van der Waals surface area contributed by atoms with Crippen LogP contribution >= 0.6 is 11.6 Å². The van der Waals surface area contributed by atoms with Crippen LogP contribution in [0.4, 0.5) is 15.9 Å². The van der Waals surface area contributed by atoms with E-state index in [0.717, 1.165) is 0 Å². The molecule has 12 heteroatoms. The minimum absolute atomic E-state index is 0.0249. The van der Waals surface area contributed by atoms with Gasteiger partial charge in [0.2, 0.25) is 5.82 Å². The zero-order valence-corrected chi connectivity index (χ0v) is 22.2. The molecule has 2 N–H and O–H groups in total. The van der Waals surface area contributed by atoms with Gasteiger partial charge in [0.15, 0.2) is 20.9 Å². The molecule has 2 aromatic carbocycles. The molecule has 0 bridgehead atoms. The first-order valence-corrected chi connectivity index (χ1v) is 13.6. The van der Waals surface area contributed by atoms with Crippen molar-refractivity contribution in [2.24, 2.45) is 4.99 Å². The van der Waals surface area contributed by atoms with Crippen molar-refractivity contribution in [2.75, 3.05) is 11.1 Å². The number of fused-ring (bicyclic) bond motifs is 1. The SMILES string of the molecule is CC1(c2cc(Nc3noc4cc(Cl)cnc34)ccc2F)CS(=O)(=O)C(C)(C)C(NC(=O)c2ccccc2)=N1. The van der Waals surface area contributed by atoms with Crippen LogP contribution in [0.1, 0.15) is 36.7 Å². The molecule has 0 radical (unpaired) electrons. The summed E-state index contributed by atoms with van der Waals surface area (Å²) in [7, 11) is -3.89. The van der Waals surface area contributed by atoms with E-state index in [0.29, 0.717) is 27.4 Å². The highest BCUT2D eigenvalue weighted by atomic mass is 35.5. The van der Waals surface area contributed by atoms with Crippen molar-refractivity contribution in [3.8, 4) is 0 Å². The maximum Gasteiger partial charge on any atom is 0.256 e. The zero-order chi connectivity index (χ0) is 27.3. The Kier molecular flexibility index (Phi) is 6.23. The molecular weight excluding hydrogens is 533 g/mol. The maximum absolute atomic E-state index is 15.2. The number of nitrogens with one attached hydrogen (secondary N) is 2. The summed E-state index contributed by atoms with van der Waals surface area (Å²) < 4.78 is 45.9. The summed E-state index contributed by atoms with van der Waals surface area (Å²) in [6, 6.07) is 14.1. The van der Waals surface area contributed by atoms with Crippen molar-refractivity contribution in [3.63, 3.8) is 0 Å². The van der Waals surface area contributed by atoms with Crippen molar-refractivity contribution in [1.82, 2.24) is 15.5 Å². The third-order valence-corrected chi connectivity index (χ3v) is 9.43. The van der Waals surface area contributed by atoms with Crippen LogP contribution in [0.15, 0.2) is 70.3 Å². The first kappa shape index (κ1) is 25.8. The van der Waals surface area contributed by atoms with E-state index in [-0.39, 0.29) is 17.2 Å². The number of benzene rings is 2. The van der Waals surface area contributed by atoms with E-state index < -0.39 is 37.6 Å². The maximum atomic E-state index is 15.2. The number of aromatic nitrogens is 2. The Hall–Kier alpha value is -3.83. The number of sulfone groups is 1. The molecule has 1 amide bonds. The van der Waals surface area contributed by atoms with Crippen LogP contribution in [0.25, 0.3) is 11.1 Å². The second kappa shape index (κ2) is 9.17. The predicted octanol–water partition coefficient (Wildman–Crippen LogP) is 5.01. The lowest BCUT2D eigenvalue weighted by molar-refractivity contribution is 0.0975. The molecule has 1 aliphatic heterocycles. The van der Waals surface area contributed by atoms with Gasteiger partial charge < -0.3 is 15.2 Å². The van der Waals surface area contributed by atoms with E-state index in [1.165, 1.54) is 45.2 Å². The van der Waals surface area contributed by atoms with Gasteiger partial charge in [0, 0.05) is 29.1 Å². The van der Waals surface area contributed by atoms with Gasteiger partial charge >= 0.3 is 0 Å². The number of nitrogens with zero attached hydrogens (tertiary/aromatic N) is 3. The number of hydrogen-bond acceptors (Lipinski definition) is 8. The highest BCUT2D eigenvalue weighted by Crippen LogP contribution is 2.39. The number of carbonyl (C=O) groups is 1. The topological polar surface area (TPSA) is 127 Å². The summed E-state index contributed by atoms with van der Waals surface area (Å²) in [6.45, 7) is 4.45. The van der Waals surface area contributed by atoms with Gasteiger partial charge in [-0.1, -0.05) is 35.0 Å². The van der Waals surface area contributed by atoms with Gasteiger partial charge in [0.1, 0.15) is 21.9 Å². The van der Waals surface area contributed by atoms with Crippen LogP contribution in [-0.2, 0) is 15.4 Å². The van der Waals surface area contributed by atoms with E-state index in [2.05, 4.69) is 25.8 Å². The Balaban J connectivity index is 1.54. The molecular formula is C26H23ClFN5O4S. The minimum Gasteiger partial charge on any atom is -0.352 e. The van der Waals surface area contributed by atoms with E-state index in [1.807, 2.05) is 0 Å². The van der Waals surface area contributed by atoms with E-state index >= 15 is 4.39 Å². The van der Waals surface area contributed by atoms with Crippen LogP contribution in [-0.4, -0.2) is 40.8 Å². The summed E-state index contributed by atoms with van der Waals surface area (Å²) in [5, 5.41) is 10.0. The molecule has 0 saturated carbocycles. The quantitative estimate of drug-likeness (QED) is 0.362. The molecule has 4 aromatic rings. The zero-order valence-electron chi connectivity index (χ0n) is 20.6. The van der Waals surface area contributed by atoms with E-state index in [4.69, 9.17) is 16.1 Å². The molecule has 0 saturated heterocycles. The first-order valence-electron chi connectivity index (χ1n) is 11.6. The number of rotatable bonds is 4. The number of halogens is 2. The third-order valence-electron chi connectivity index (χ3n) is 6.53. The lowest BCUT2D eigenvalue weighted by Crippen LogP contribution is -2.57. The number of carbonyl (C=O) groups excluding carboxylic acids is 1. The number of anilines is 2. The molecule has 2 aromatic heterocycles. The Morgan fingerprint density at radius 1 is 1.11 bits per heavy atom. The predicted molar refractivity (Wildman–Crippen MR) is 143 cm³/mol. The minimum atomic E-state index is -3.89. The van der Waals surface area contributed by atoms with Gasteiger partial charge in [0.25, 0.3) is 5.91 Å². The number of amidine groups is 1. The van der Waals surface area contributed by atoms with Crippen molar-refractivity contribution in [2.45, 2.75) is 31.1 Å².